The van der Waals surface area contributed by atoms with Crippen molar-refractivity contribution in [1.82, 2.24) is 5.32 Å². The molecule has 0 spiro atoms. The van der Waals surface area contributed by atoms with E-state index < -0.39 is 0 Å². The number of halogens is 1. The summed E-state index contributed by atoms with van der Waals surface area (Å²) >= 11 is 0. The Kier molecular flexibility index (Phi) is 6.76. The van der Waals surface area contributed by atoms with E-state index in [1.54, 1.807) is 19.2 Å². The van der Waals surface area contributed by atoms with Gasteiger partial charge in [-0.1, -0.05) is 12.1 Å². The lowest BCUT2D eigenvalue weighted by Gasteiger charge is -2.28. The topological polar surface area (TPSA) is 59.8 Å². The van der Waals surface area contributed by atoms with Crippen molar-refractivity contribution < 1.29 is 23.6 Å². The minimum absolute atomic E-state index is 0.00845. The molecule has 2 N–H and O–H groups in total. The quantitative estimate of drug-likeness (QED) is 0.713. The molecule has 0 saturated carbocycles. The van der Waals surface area contributed by atoms with Gasteiger partial charge in [0.05, 0.1) is 20.2 Å². The number of carbonyl (C=O) groups is 2. The summed E-state index contributed by atoms with van der Waals surface area (Å²) in [6, 6.07) is 13.3. The maximum Gasteiger partial charge on any atom is 0.275 e. The molecule has 0 aromatic heterocycles. The Morgan fingerprint density at radius 2 is 1.71 bits per heavy atom. The van der Waals surface area contributed by atoms with Crippen LogP contribution >= 0.6 is 0 Å². The lowest BCUT2D eigenvalue weighted by atomic mass is 9.89. The fourth-order valence-electron chi connectivity index (χ4n) is 3.55. The molecule has 3 rings (SSSR count). The number of quaternary nitrogens is 1. The van der Waals surface area contributed by atoms with E-state index in [9.17, 15) is 14.0 Å². The van der Waals surface area contributed by atoms with Gasteiger partial charge >= 0.3 is 0 Å². The van der Waals surface area contributed by atoms with E-state index in [0.717, 1.165) is 37.2 Å². The molecular weight excluding hydrogens is 359 g/mol. The van der Waals surface area contributed by atoms with Crippen molar-refractivity contribution in [3.63, 3.8) is 0 Å². The first-order chi connectivity index (χ1) is 13.5. The maximum atomic E-state index is 13.0. The highest BCUT2D eigenvalue weighted by molar-refractivity contribution is 5.97. The zero-order valence-electron chi connectivity index (χ0n) is 16.0. The Hall–Kier alpha value is -2.73. The molecule has 0 radical (unpaired) electrons. The van der Waals surface area contributed by atoms with Crippen LogP contribution in [0.3, 0.4) is 0 Å². The monoisotopic (exact) mass is 385 g/mol. The molecule has 148 valence electrons. The molecule has 0 bridgehead atoms. The molecule has 1 aliphatic heterocycles. The van der Waals surface area contributed by atoms with Crippen LogP contribution < -0.4 is 15.0 Å². The molecule has 1 fully saturated rings. The van der Waals surface area contributed by atoms with E-state index in [2.05, 4.69) is 5.32 Å². The maximum absolute atomic E-state index is 13.0. The van der Waals surface area contributed by atoms with Crippen LogP contribution in [-0.2, 0) is 11.3 Å². The van der Waals surface area contributed by atoms with Crippen molar-refractivity contribution in [1.29, 1.82) is 0 Å². The normalized spacial score (nSPS) is 19.1. The van der Waals surface area contributed by atoms with Gasteiger partial charge in [0.1, 0.15) is 11.6 Å². The van der Waals surface area contributed by atoms with E-state index in [0.29, 0.717) is 18.7 Å². The van der Waals surface area contributed by atoms with Crippen LogP contribution in [0.15, 0.2) is 48.5 Å². The molecule has 1 aliphatic rings. The van der Waals surface area contributed by atoms with Gasteiger partial charge in [0, 0.05) is 30.9 Å². The number of likely N-dealkylation sites (tertiary alicyclic amines) is 1. The third kappa shape index (κ3) is 5.39. The molecule has 2 aromatic carbocycles. The van der Waals surface area contributed by atoms with Gasteiger partial charge in [-0.15, -0.1) is 0 Å². The minimum atomic E-state index is -0.337. The van der Waals surface area contributed by atoms with E-state index in [1.807, 2.05) is 24.3 Å². The van der Waals surface area contributed by atoms with E-state index in [-0.39, 0.29) is 23.4 Å². The van der Waals surface area contributed by atoms with Gasteiger partial charge in [-0.3, -0.25) is 9.59 Å². The Morgan fingerprint density at radius 1 is 1.07 bits per heavy atom. The van der Waals surface area contributed by atoms with Crippen LogP contribution in [-0.4, -0.2) is 38.4 Å². The minimum Gasteiger partial charge on any atom is -0.497 e. The van der Waals surface area contributed by atoms with E-state index in [1.165, 1.54) is 17.0 Å². The van der Waals surface area contributed by atoms with E-state index in [4.69, 9.17) is 4.74 Å². The number of benzene rings is 2. The van der Waals surface area contributed by atoms with Gasteiger partial charge in [-0.05, 0) is 42.0 Å². The lowest BCUT2D eigenvalue weighted by molar-refractivity contribution is -0.897. The average molecular weight is 385 g/mol. The molecule has 1 saturated heterocycles. The smallest absolute Gasteiger partial charge is 0.275 e. The van der Waals surface area contributed by atoms with Crippen LogP contribution in [0.4, 0.5) is 4.39 Å². The summed E-state index contributed by atoms with van der Waals surface area (Å²) in [5.41, 5.74) is 1.58. The summed E-state index contributed by atoms with van der Waals surface area (Å²) in [5, 5.41) is 2.95. The summed E-state index contributed by atoms with van der Waals surface area (Å²) in [7, 11) is 1.62. The third-order valence-corrected chi connectivity index (χ3v) is 5.25. The molecule has 2 aromatic rings. The fourth-order valence-corrected chi connectivity index (χ4v) is 3.55. The zero-order valence-corrected chi connectivity index (χ0v) is 16.0. The summed E-state index contributed by atoms with van der Waals surface area (Å²) in [6.45, 7) is 2.47. The number of nitrogens with one attached hydrogen (secondary N) is 2. The molecule has 0 atom stereocenters. The number of Topliss-reactive ketones (excluding diaryl/α,β-unsaturated/α-hetero) is 1. The van der Waals surface area contributed by atoms with Crippen molar-refractivity contribution in [2.45, 2.75) is 19.4 Å². The van der Waals surface area contributed by atoms with Gasteiger partial charge in [-0.25, -0.2) is 4.39 Å². The number of amides is 1. The summed E-state index contributed by atoms with van der Waals surface area (Å²) in [4.78, 5) is 25.9. The molecule has 5 nitrogen and oxygen atoms in total. The zero-order chi connectivity index (χ0) is 19.9. The summed E-state index contributed by atoms with van der Waals surface area (Å²) in [6.07, 6.45) is 1.49. The summed E-state index contributed by atoms with van der Waals surface area (Å²) < 4.78 is 18.1. The molecule has 0 unspecified atom stereocenters. The molecule has 28 heavy (non-hydrogen) atoms. The number of rotatable bonds is 7. The standard InChI is InChI=1S/C22H25FN2O3/c1-28-20-8-2-16(3-9-20)14-24-21(26)15-25-12-10-18(11-13-25)22(27)17-4-6-19(23)7-5-17/h2-9,18H,10-15H2,1H3,(H,24,26)/p+1. The number of piperidine rings is 1. The predicted molar refractivity (Wildman–Crippen MR) is 104 cm³/mol. The Bertz CT molecular complexity index is 798. The van der Waals surface area contributed by atoms with Crippen molar-refractivity contribution in [2.24, 2.45) is 5.92 Å². The van der Waals surface area contributed by atoms with Crippen LogP contribution in [0.2, 0.25) is 0 Å². The number of methoxy groups -OCH3 is 1. The highest BCUT2D eigenvalue weighted by Crippen LogP contribution is 2.17. The second-order valence-corrected chi connectivity index (χ2v) is 7.20. The van der Waals surface area contributed by atoms with Gasteiger partial charge in [0.25, 0.3) is 5.91 Å². The highest BCUT2D eigenvalue weighted by atomic mass is 19.1. The Morgan fingerprint density at radius 3 is 2.32 bits per heavy atom. The second-order valence-electron chi connectivity index (χ2n) is 7.20. The highest BCUT2D eigenvalue weighted by Gasteiger charge is 2.29. The number of carbonyl (C=O) groups excluding carboxylic acids is 2. The van der Waals surface area contributed by atoms with Crippen LogP contribution in [0.5, 0.6) is 5.75 Å². The summed E-state index contributed by atoms with van der Waals surface area (Å²) in [5.74, 6) is 0.489. The lowest BCUT2D eigenvalue weighted by Crippen LogP contribution is -3.14. The van der Waals surface area contributed by atoms with Gasteiger partial charge < -0.3 is 15.0 Å². The largest absolute Gasteiger partial charge is 0.497 e. The first kappa shape index (κ1) is 20.0. The number of hydrogen-bond acceptors (Lipinski definition) is 3. The van der Waals surface area contributed by atoms with Gasteiger partial charge in [-0.2, -0.15) is 0 Å². The molecule has 1 heterocycles. The first-order valence-corrected chi connectivity index (χ1v) is 9.58. The van der Waals surface area contributed by atoms with Crippen molar-refractivity contribution >= 4 is 11.7 Å². The first-order valence-electron chi connectivity index (χ1n) is 9.58. The van der Waals surface area contributed by atoms with Gasteiger partial charge in [0.2, 0.25) is 0 Å². The van der Waals surface area contributed by atoms with Crippen LogP contribution in [0.1, 0.15) is 28.8 Å². The van der Waals surface area contributed by atoms with Crippen molar-refractivity contribution in [3.05, 3.63) is 65.5 Å². The molecule has 6 heteroatoms. The molecule has 0 aliphatic carbocycles. The van der Waals surface area contributed by atoms with Crippen molar-refractivity contribution in [2.75, 3.05) is 26.7 Å². The predicted octanol–water partition coefficient (Wildman–Crippen LogP) is 1.63. The Balaban J connectivity index is 1.41. The molecule has 1 amide bonds. The average Bonchev–Trinajstić information content (AvgIpc) is 2.73. The number of ketones is 1. The molecular formula is C22H26FN2O3+. The fraction of sp³-hybridized carbons (Fsp3) is 0.364. The number of hydrogen-bond donors (Lipinski definition) is 2. The van der Waals surface area contributed by atoms with Crippen LogP contribution in [0.25, 0.3) is 0 Å². The van der Waals surface area contributed by atoms with Crippen molar-refractivity contribution in [3.8, 4) is 5.75 Å². The second kappa shape index (κ2) is 9.46. The SMILES string of the molecule is COc1ccc(CNC(=O)C[NH+]2CCC(C(=O)c3ccc(F)cc3)CC2)cc1. The van der Waals surface area contributed by atoms with Crippen LogP contribution in [0, 0.1) is 11.7 Å². The number of ether oxygens (including phenoxy) is 1. The van der Waals surface area contributed by atoms with E-state index >= 15 is 0 Å². The third-order valence-electron chi connectivity index (χ3n) is 5.25. The Labute approximate surface area is 164 Å². The van der Waals surface area contributed by atoms with Gasteiger partial charge in [0.15, 0.2) is 12.3 Å².